The third-order valence-electron chi connectivity index (χ3n) is 2.67. The van der Waals surface area contributed by atoms with E-state index in [2.05, 4.69) is 6.58 Å². The zero-order chi connectivity index (χ0) is 12.4. The van der Waals surface area contributed by atoms with Gasteiger partial charge in [0, 0.05) is 5.56 Å². The molecule has 0 N–H and O–H groups in total. The van der Waals surface area contributed by atoms with Crippen molar-refractivity contribution < 1.29 is 4.84 Å². The van der Waals surface area contributed by atoms with Gasteiger partial charge in [-0.1, -0.05) is 48.5 Å². The number of hydroxylamine groups is 2. The van der Waals surface area contributed by atoms with Gasteiger partial charge in [0.25, 0.3) is 0 Å². The van der Waals surface area contributed by atoms with Crippen LogP contribution in [0.25, 0.3) is 5.70 Å². The number of nitrogens with zero attached hydrogens (tertiary/aromatic N) is 1. The van der Waals surface area contributed by atoms with Crippen molar-refractivity contribution in [2.24, 2.45) is 0 Å². The number of hydrogen-bond donors (Lipinski definition) is 0. The summed E-state index contributed by atoms with van der Waals surface area (Å²) < 4.78 is 0. The first-order chi connectivity index (χ1) is 8.15. The molecule has 2 rings (SSSR count). The predicted octanol–water partition coefficient (Wildman–Crippen LogP) is 3.93. The SMILES string of the molecule is C=C1C(Cl)=CC(C)=C(c2ccccc2)N1OC. The Bertz CT molecular complexity index is 502. The van der Waals surface area contributed by atoms with Crippen molar-refractivity contribution in [3.63, 3.8) is 0 Å². The summed E-state index contributed by atoms with van der Waals surface area (Å²) in [6.07, 6.45) is 1.90. The van der Waals surface area contributed by atoms with Crippen molar-refractivity contribution in [2.45, 2.75) is 6.92 Å². The summed E-state index contributed by atoms with van der Waals surface area (Å²) >= 11 is 6.09. The zero-order valence-electron chi connectivity index (χ0n) is 9.90. The highest BCUT2D eigenvalue weighted by molar-refractivity contribution is 6.32. The lowest BCUT2D eigenvalue weighted by molar-refractivity contribution is -0.0423. The highest BCUT2D eigenvalue weighted by atomic mass is 35.5. The topological polar surface area (TPSA) is 12.5 Å². The van der Waals surface area contributed by atoms with Gasteiger partial charge in [0.15, 0.2) is 0 Å². The van der Waals surface area contributed by atoms with Crippen LogP contribution in [0.3, 0.4) is 0 Å². The third kappa shape index (κ3) is 2.14. The molecule has 0 unspecified atom stereocenters. The molecule has 0 saturated heterocycles. The molecule has 3 heteroatoms. The van der Waals surface area contributed by atoms with Crippen LogP contribution >= 0.6 is 11.6 Å². The van der Waals surface area contributed by atoms with Crippen LogP contribution in [0.5, 0.6) is 0 Å². The van der Waals surface area contributed by atoms with Crippen molar-refractivity contribution in [1.29, 1.82) is 0 Å². The van der Waals surface area contributed by atoms with Crippen LogP contribution < -0.4 is 0 Å². The Balaban J connectivity index is 2.56. The molecule has 1 heterocycles. The van der Waals surface area contributed by atoms with Gasteiger partial charge in [0.05, 0.1) is 23.5 Å². The van der Waals surface area contributed by atoms with E-state index in [0.717, 1.165) is 16.8 Å². The number of halogens is 1. The summed E-state index contributed by atoms with van der Waals surface area (Å²) in [6, 6.07) is 10.0. The fraction of sp³-hybridized carbons (Fsp3) is 0.143. The van der Waals surface area contributed by atoms with E-state index in [9.17, 15) is 0 Å². The largest absolute Gasteiger partial charge is 0.272 e. The first-order valence-electron chi connectivity index (χ1n) is 5.32. The molecule has 0 bridgehead atoms. The van der Waals surface area contributed by atoms with E-state index in [0.29, 0.717) is 10.7 Å². The quantitative estimate of drug-likeness (QED) is 0.785. The Kier molecular flexibility index (Phi) is 3.36. The fourth-order valence-corrected chi connectivity index (χ4v) is 2.12. The van der Waals surface area contributed by atoms with Crippen LogP contribution in [0.4, 0.5) is 0 Å². The van der Waals surface area contributed by atoms with E-state index in [1.165, 1.54) is 0 Å². The highest BCUT2D eigenvalue weighted by Gasteiger charge is 2.23. The number of hydrogen-bond acceptors (Lipinski definition) is 2. The van der Waals surface area contributed by atoms with Crippen molar-refractivity contribution in [3.8, 4) is 0 Å². The number of rotatable bonds is 2. The lowest BCUT2D eigenvalue weighted by Gasteiger charge is -2.30. The molecule has 0 atom stereocenters. The van der Waals surface area contributed by atoms with E-state index in [4.69, 9.17) is 16.4 Å². The lowest BCUT2D eigenvalue weighted by Crippen LogP contribution is -2.23. The van der Waals surface area contributed by atoms with Crippen LogP contribution in [-0.2, 0) is 4.84 Å². The average Bonchev–Trinajstić information content (AvgIpc) is 2.34. The molecular weight excluding hydrogens is 234 g/mol. The first-order valence-corrected chi connectivity index (χ1v) is 5.70. The smallest absolute Gasteiger partial charge is 0.0810 e. The molecule has 0 radical (unpaired) electrons. The normalized spacial score (nSPS) is 16.3. The standard InChI is InChI=1S/C14H14ClNO/c1-10-9-13(15)11(2)16(17-3)14(10)12-7-5-4-6-8-12/h4-9H,2H2,1,3H3. The van der Waals surface area contributed by atoms with Gasteiger partial charge in [-0.05, 0) is 18.6 Å². The molecule has 1 aliphatic heterocycles. The molecule has 0 spiro atoms. The molecule has 0 saturated carbocycles. The van der Waals surface area contributed by atoms with E-state index >= 15 is 0 Å². The summed E-state index contributed by atoms with van der Waals surface area (Å²) in [6.45, 7) is 5.93. The van der Waals surface area contributed by atoms with Gasteiger partial charge in [0.2, 0.25) is 0 Å². The van der Waals surface area contributed by atoms with Gasteiger partial charge in [-0.3, -0.25) is 4.84 Å². The van der Waals surface area contributed by atoms with Crippen LogP contribution in [-0.4, -0.2) is 12.2 Å². The average molecular weight is 248 g/mol. The first kappa shape index (κ1) is 12.0. The Morgan fingerprint density at radius 1 is 1.24 bits per heavy atom. The molecule has 0 fully saturated rings. The molecule has 2 nitrogen and oxygen atoms in total. The van der Waals surface area contributed by atoms with Gasteiger partial charge in [0.1, 0.15) is 0 Å². The van der Waals surface area contributed by atoms with Crippen molar-refractivity contribution in [1.82, 2.24) is 5.06 Å². The molecule has 1 aromatic carbocycles. The van der Waals surface area contributed by atoms with E-state index in [1.807, 2.05) is 43.3 Å². The molecular formula is C14H14ClNO. The zero-order valence-corrected chi connectivity index (χ0v) is 10.7. The maximum Gasteiger partial charge on any atom is 0.0810 e. The van der Waals surface area contributed by atoms with E-state index < -0.39 is 0 Å². The van der Waals surface area contributed by atoms with Crippen molar-refractivity contribution in [3.05, 3.63) is 64.9 Å². The second kappa shape index (κ2) is 4.78. The number of benzene rings is 1. The molecule has 0 amide bonds. The molecule has 88 valence electrons. The summed E-state index contributed by atoms with van der Waals surface area (Å²) in [4.78, 5) is 5.36. The fourth-order valence-electron chi connectivity index (χ4n) is 1.88. The highest BCUT2D eigenvalue weighted by Crippen LogP contribution is 2.35. The maximum atomic E-state index is 6.09. The van der Waals surface area contributed by atoms with Crippen LogP contribution in [0.2, 0.25) is 0 Å². The van der Waals surface area contributed by atoms with Crippen LogP contribution in [0.15, 0.2) is 59.3 Å². The van der Waals surface area contributed by atoms with Gasteiger partial charge < -0.3 is 0 Å². The molecule has 0 aliphatic carbocycles. The second-order valence-electron chi connectivity index (χ2n) is 3.81. The van der Waals surface area contributed by atoms with Gasteiger partial charge in [-0.25, -0.2) is 5.06 Å². The van der Waals surface area contributed by atoms with Crippen LogP contribution in [0, 0.1) is 0 Å². The molecule has 1 aliphatic rings. The summed E-state index contributed by atoms with van der Waals surface area (Å²) in [5.41, 5.74) is 3.75. The summed E-state index contributed by atoms with van der Waals surface area (Å²) in [7, 11) is 1.61. The minimum atomic E-state index is 0.601. The van der Waals surface area contributed by atoms with Gasteiger partial charge in [-0.15, -0.1) is 0 Å². The Labute approximate surface area is 106 Å². The van der Waals surface area contributed by atoms with E-state index in [-0.39, 0.29) is 0 Å². The number of allylic oxidation sites excluding steroid dienone is 3. The summed E-state index contributed by atoms with van der Waals surface area (Å²) in [5, 5.41) is 2.26. The van der Waals surface area contributed by atoms with Crippen molar-refractivity contribution >= 4 is 17.3 Å². The Hall–Kier alpha value is -1.51. The van der Waals surface area contributed by atoms with E-state index in [1.54, 1.807) is 12.2 Å². The molecule has 17 heavy (non-hydrogen) atoms. The Morgan fingerprint density at radius 3 is 2.47 bits per heavy atom. The molecule has 1 aromatic rings. The lowest BCUT2D eigenvalue weighted by atomic mass is 10.0. The minimum absolute atomic E-state index is 0.601. The molecule has 0 aromatic heterocycles. The van der Waals surface area contributed by atoms with Crippen molar-refractivity contribution in [2.75, 3.05) is 7.11 Å². The summed E-state index contributed by atoms with van der Waals surface area (Å²) in [5.74, 6) is 0. The predicted molar refractivity (Wildman–Crippen MR) is 71.0 cm³/mol. The second-order valence-corrected chi connectivity index (χ2v) is 4.22. The monoisotopic (exact) mass is 247 g/mol. The van der Waals surface area contributed by atoms with Crippen LogP contribution in [0.1, 0.15) is 12.5 Å². The van der Waals surface area contributed by atoms with Gasteiger partial charge in [-0.2, -0.15) is 0 Å². The Morgan fingerprint density at radius 2 is 1.88 bits per heavy atom. The van der Waals surface area contributed by atoms with Gasteiger partial charge >= 0.3 is 0 Å². The minimum Gasteiger partial charge on any atom is -0.272 e. The maximum absolute atomic E-state index is 6.09. The third-order valence-corrected chi connectivity index (χ3v) is 3.00.